The molecule has 0 bridgehead atoms. The van der Waals surface area contributed by atoms with Crippen molar-refractivity contribution < 1.29 is 19.1 Å². The van der Waals surface area contributed by atoms with E-state index in [0.717, 1.165) is 22.4 Å². The minimum Gasteiger partial charge on any atom is -0.486 e. The molecule has 0 unspecified atom stereocenters. The first-order chi connectivity index (χ1) is 18.2. The van der Waals surface area contributed by atoms with Crippen molar-refractivity contribution in [3.05, 3.63) is 94.5 Å². The number of amides is 2. The van der Waals surface area contributed by atoms with Gasteiger partial charge < -0.3 is 19.7 Å². The van der Waals surface area contributed by atoms with Crippen molar-refractivity contribution in [3.8, 4) is 11.5 Å². The van der Waals surface area contributed by atoms with Gasteiger partial charge in [0.1, 0.15) is 19.3 Å². The maximum absolute atomic E-state index is 13.9. The van der Waals surface area contributed by atoms with Crippen molar-refractivity contribution in [2.24, 2.45) is 0 Å². The van der Waals surface area contributed by atoms with Crippen LogP contribution in [0.5, 0.6) is 11.5 Å². The van der Waals surface area contributed by atoms with Crippen LogP contribution in [-0.4, -0.2) is 41.5 Å². The second-order valence-electron chi connectivity index (χ2n) is 10.6. The molecule has 3 aromatic rings. The number of ether oxygens (including phenoxy) is 2. The number of carbonyl (C=O) groups is 2. The van der Waals surface area contributed by atoms with Crippen LogP contribution in [0.3, 0.4) is 0 Å². The topological polar surface area (TPSA) is 67.9 Å². The highest BCUT2D eigenvalue weighted by atomic mass is 35.5. The number of aryl methyl sites for hydroxylation is 1. The molecule has 7 heteroatoms. The van der Waals surface area contributed by atoms with Crippen molar-refractivity contribution >= 4 is 23.4 Å². The molecule has 38 heavy (non-hydrogen) atoms. The molecule has 1 atom stereocenters. The summed E-state index contributed by atoms with van der Waals surface area (Å²) >= 11 is 6.26. The van der Waals surface area contributed by atoms with E-state index in [0.29, 0.717) is 36.8 Å². The molecule has 0 radical (unpaired) electrons. The zero-order valence-corrected chi connectivity index (χ0v) is 23.0. The molecular formula is C31H35ClN2O4. The van der Waals surface area contributed by atoms with Gasteiger partial charge in [0, 0.05) is 29.9 Å². The number of hydrogen-bond donors (Lipinski definition) is 1. The molecule has 6 nitrogen and oxygen atoms in total. The molecule has 4 rings (SSSR count). The predicted octanol–water partition coefficient (Wildman–Crippen LogP) is 5.60. The van der Waals surface area contributed by atoms with E-state index < -0.39 is 11.6 Å². The Labute approximate surface area is 229 Å². The first-order valence-electron chi connectivity index (χ1n) is 13.0. The third-order valence-corrected chi connectivity index (χ3v) is 6.48. The molecule has 0 aromatic heterocycles. The number of benzene rings is 3. The smallest absolute Gasteiger partial charge is 0.243 e. The molecule has 0 spiro atoms. The van der Waals surface area contributed by atoms with Gasteiger partial charge in [-0.25, -0.2) is 0 Å². The van der Waals surface area contributed by atoms with Crippen molar-refractivity contribution in [3.63, 3.8) is 0 Å². The highest BCUT2D eigenvalue weighted by Gasteiger charge is 2.32. The third kappa shape index (κ3) is 7.75. The van der Waals surface area contributed by atoms with Crippen molar-refractivity contribution in [2.75, 3.05) is 13.2 Å². The first-order valence-corrected chi connectivity index (χ1v) is 13.3. The zero-order valence-electron chi connectivity index (χ0n) is 22.2. The highest BCUT2D eigenvalue weighted by Crippen LogP contribution is 2.31. The first kappa shape index (κ1) is 27.5. The van der Waals surface area contributed by atoms with Gasteiger partial charge in [0.15, 0.2) is 11.5 Å². The van der Waals surface area contributed by atoms with Crippen LogP contribution >= 0.6 is 11.6 Å². The summed E-state index contributed by atoms with van der Waals surface area (Å²) in [5.74, 6) is 1.13. The second kappa shape index (κ2) is 12.4. The summed E-state index contributed by atoms with van der Waals surface area (Å²) in [5, 5.41) is 3.68. The van der Waals surface area contributed by atoms with Crippen LogP contribution in [-0.2, 0) is 29.0 Å². The van der Waals surface area contributed by atoms with Gasteiger partial charge in [0.25, 0.3) is 0 Å². The summed E-state index contributed by atoms with van der Waals surface area (Å²) in [6.07, 6.45) is 1.16. The number of fused-ring (bicyclic) bond motifs is 1. The third-order valence-electron chi connectivity index (χ3n) is 6.25. The van der Waals surface area contributed by atoms with Gasteiger partial charge in [-0.2, -0.15) is 0 Å². The largest absolute Gasteiger partial charge is 0.486 e. The van der Waals surface area contributed by atoms with Crippen molar-refractivity contribution in [1.29, 1.82) is 0 Å². The van der Waals surface area contributed by atoms with Gasteiger partial charge in [0.2, 0.25) is 11.8 Å². The normalized spacial score (nSPS) is 13.5. The Morgan fingerprint density at radius 3 is 2.32 bits per heavy atom. The number of carbonyl (C=O) groups excluding carboxylic acids is 2. The number of halogens is 1. The Hall–Kier alpha value is -3.51. The van der Waals surface area contributed by atoms with Crippen LogP contribution < -0.4 is 14.8 Å². The summed E-state index contributed by atoms with van der Waals surface area (Å²) < 4.78 is 11.3. The van der Waals surface area contributed by atoms with E-state index in [1.807, 2.05) is 87.5 Å². The van der Waals surface area contributed by atoms with E-state index in [-0.39, 0.29) is 24.8 Å². The Morgan fingerprint density at radius 1 is 0.895 bits per heavy atom. The number of nitrogens with one attached hydrogen (secondary N) is 1. The number of nitrogens with zero attached hydrogens (tertiary/aromatic N) is 1. The lowest BCUT2D eigenvalue weighted by Crippen LogP contribution is -2.54. The summed E-state index contributed by atoms with van der Waals surface area (Å²) in [7, 11) is 0. The second-order valence-corrected chi connectivity index (χ2v) is 11.0. The lowest BCUT2D eigenvalue weighted by atomic mass is 9.99. The summed E-state index contributed by atoms with van der Waals surface area (Å²) in [4.78, 5) is 29.2. The standard InChI is InChI=1S/C31H35ClN2O4/c1-31(2,3)33-30(36)26(19-22-8-5-4-6-9-22)34(21-24-10-7-11-25(32)18-24)29(35)15-13-23-12-14-27-28(20-23)38-17-16-37-27/h4-12,14,18,20,26H,13,15-17,19,21H2,1-3H3,(H,33,36)/t26-/m0/s1. The summed E-state index contributed by atoms with van der Waals surface area (Å²) in [6, 6.07) is 22.3. The molecule has 1 heterocycles. The van der Waals surface area contributed by atoms with Crippen LogP contribution in [0.2, 0.25) is 5.02 Å². The Kier molecular flexibility index (Phi) is 8.95. The molecule has 1 N–H and O–H groups in total. The Balaban J connectivity index is 1.61. The molecule has 1 aliphatic rings. The lowest BCUT2D eigenvalue weighted by molar-refractivity contribution is -0.141. The lowest BCUT2D eigenvalue weighted by Gasteiger charge is -2.34. The van der Waals surface area contributed by atoms with Gasteiger partial charge in [-0.1, -0.05) is 60.1 Å². The summed E-state index contributed by atoms with van der Waals surface area (Å²) in [6.45, 7) is 7.13. The van der Waals surface area contributed by atoms with E-state index >= 15 is 0 Å². The molecule has 200 valence electrons. The fourth-order valence-electron chi connectivity index (χ4n) is 4.48. The number of hydrogen-bond acceptors (Lipinski definition) is 4. The minimum absolute atomic E-state index is 0.107. The fourth-order valence-corrected chi connectivity index (χ4v) is 4.69. The average Bonchev–Trinajstić information content (AvgIpc) is 2.89. The van der Waals surface area contributed by atoms with E-state index in [4.69, 9.17) is 21.1 Å². The van der Waals surface area contributed by atoms with E-state index in [1.165, 1.54) is 0 Å². The Morgan fingerprint density at radius 2 is 1.61 bits per heavy atom. The van der Waals surface area contributed by atoms with Gasteiger partial charge in [-0.15, -0.1) is 0 Å². The van der Waals surface area contributed by atoms with Crippen molar-refractivity contribution in [1.82, 2.24) is 10.2 Å². The van der Waals surface area contributed by atoms with Crippen LogP contribution in [0.4, 0.5) is 0 Å². The van der Waals surface area contributed by atoms with Gasteiger partial charge in [-0.05, 0) is 68.1 Å². The van der Waals surface area contributed by atoms with Gasteiger partial charge in [0.05, 0.1) is 0 Å². The molecule has 0 fully saturated rings. The molecule has 1 aliphatic heterocycles. The number of rotatable bonds is 9. The molecule has 3 aromatic carbocycles. The molecule has 0 saturated carbocycles. The monoisotopic (exact) mass is 534 g/mol. The summed E-state index contributed by atoms with van der Waals surface area (Å²) in [5.41, 5.74) is 2.38. The Bertz CT molecular complexity index is 1260. The fraction of sp³-hybridized carbons (Fsp3) is 0.355. The quantitative estimate of drug-likeness (QED) is 0.388. The predicted molar refractivity (Wildman–Crippen MR) is 150 cm³/mol. The van der Waals surface area contributed by atoms with E-state index in [1.54, 1.807) is 11.0 Å². The van der Waals surface area contributed by atoms with Crippen LogP contribution in [0.15, 0.2) is 72.8 Å². The van der Waals surface area contributed by atoms with Crippen LogP contribution in [0.1, 0.15) is 43.9 Å². The zero-order chi connectivity index (χ0) is 27.1. The van der Waals surface area contributed by atoms with E-state index in [9.17, 15) is 9.59 Å². The maximum Gasteiger partial charge on any atom is 0.243 e. The minimum atomic E-state index is -0.691. The van der Waals surface area contributed by atoms with Crippen LogP contribution in [0, 0.1) is 0 Å². The van der Waals surface area contributed by atoms with Crippen LogP contribution in [0.25, 0.3) is 0 Å². The van der Waals surface area contributed by atoms with Gasteiger partial charge >= 0.3 is 0 Å². The average molecular weight is 535 g/mol. The molecule has 2 amide bonds. The molecular weight excluding hydrogens is 500 g/mol. The highest BCUT2D eigenvalue weighted by molar-refractivity contribution is 6.30. The molecule has 0 aliphatic carbocycles. The SMILES string of the molecule is CC(C)(C)NC(=O)[C@H](Cc1ccccc1)N(Cc1cccc(Cl)c1)C(=O)CCc1ccc2c(c1)OCCO2. The van der Waals surface area contributed by atoms with Gasteiger partial charge in [-0.3, -0.25) is 9.59 Å². The van der Waals surface area contributed by atoms with Crippen molar-refractivity contribution in [2.45, 2.75) is 58.2 Å². The van der Waals surface area contributed by atoms with E-state index in [2.05, 4.69) is 5.32 Å². The molecule has 0 saturated heterocycles. The maximum atomic E-state index is 13.9.